The van der Waals surface area contributed by atoms with Gasteiger partial charge in [0.15, 0.2) is 0 Å². The topological polar surface area (TPSA) is 67.2 Å². The lowest BCUT2D eigenvalue weighted by Gasteiger charge is -2.14. The van der Waals surface area contributed by atoms with Gasteiger partial charge < -0.3 is 10.4 Å². The summed E-state index contributed by atoms with van der Waals surface area (Å²) < 4.78 is 1.57. The lowest BCUT2D eigenvalue weighted by molar-refractivity contribution is 0.191. The predicted molar refractivity (Wildman–Crippen MR) is 87.1 cm³/mol. The van der Waals surface area contributed by atoms with Crippen LogP contribution in [0, 0.1) is 0 Å². The lowest BCUT2D eigenvalue weighted by atomic mass is 10.1. The first-order valence-corrected chi connectivity index (χ1v) is 7.53. The molecule has 1 heterocycles. The second kappa shape index (κ2) is 6.79. The smallest absolute Gasteiger partial charge is 0.282 e. The molecule has 0 saturated heterocycles. The number of aliphatic hydroxyl groups is 1. The zero-order chi connectivity index (χ0) is 15.6. The standard InChI is InChI=1S/C13H12BrCl2N3O2/c1-19-13(21)12(14)10(5-18-19)17-6-11(20)7-2-8(15)4-9(16)3-7/h2-5,11,17,20H,6H2,1H3. The first-order valence-electron chi connectivity index (χ1n) is 5.98. The first kappa shape index (κ1) is 16.3. The Hall–Kier alpha value is -1.08. The maximum absolute atomic E-state index is 11.7. The van der Waals surface area contributed by atoms with Crippen molar-refractivity contribution in [3.05, 3.63) is 54.8 Å². The Bertz CT molecular complexity index is 701. The molecule has 5 nitrogen and oxygen atoms in total. The number of halogens is 3. The molecule has 0 fully saturated rings. The molecule has 1 aromatic carbocycles. The van der Waals surface area contributed by atoms with Crippen molar-refractivity contribution < 1.29 is 5.11 Å². The van der Waals surface area contributed by atoms with Gasteiger partial charge in [-0.1, -0.05) is 23.2 Å². The maximum Gasteiger partial charge on any atom is 0.282 e. The molecule has 1 aromatic heterocycles. The van der Waals surface area contributed by atoms with E-state index < -0.39 is 6.10 Å². The van der Waals surface area contributed by atoms with Crippen LogP contribution in [-0.2, 0) is 7.05 Å². The van der Waals surface area contributed by atoms with Crippen molar-refractivity contribution in [3.63, 3.8) is 0 Å². The Morgan fingerprint density at radius 3 is 2.62 bits per heavy atom. The molecule has 2 N–H and O–H groups in total. The number of rotatable bonds is 4. The Morgan fingerprint density at radius 2 is 2.00 bits per heavy atom. The van der Waals surface area contributed by atoms with Gasteiger partial charge in [0.2, 0.25) is 0 Å². The maximum atomic E-state index is 11.7. The summed E-state index contributed by atoms with van der Waals surface area (Å²) in [6.45, 7) is 0.185. The predicted octanol–water partition coefficient (Wildman–Crippen LogP) is 3.00. The van der Waals surface area contributed by atoms with Gasteiger partial charge >= 0.3 is 0 Å². The second-order valence-corrected chi connectivity index (χ2v) is 6.07. The molecular weight excluding hydrogens is 381 g/mol. The highest BCUT2D eigenvalue weighted by atomic mass is 79.9. The summed E-state index contributed by atoms with van der Waals surface area (Å²) >= 11 is 15.0. The Kier molecular flexibility index (Phi) is 5.27. The molecule has 0 bridgehead atoms. The average Bonchev–Trinajstić information content (AvgIpc) is 2.42. The minimum atomic E-state index is -0.822. The summed E-state index contributed by atoms with van der Waals surface area (Å²) in [5.41, 5.74) is 0.832. The van der Waals surface area contributed by atoms with Crippen LogP contribution in [0.3, 0.4) is 0 Å². The average molecular weight is 393 g/mol. The molecule has 1 atom stereocenters. The van der Waals surface area contributed by atoms with Gasteiger partial charge in [-0.05, 0) is 39.7 Å². The molecule has 0 radical (unpaired) electrons. The minimum absolute atomic E-state index is 0.185. The number of anilines is 1. The number of aliphatic hydroxyl groups excluding tert-OH is 1. The van der Waals surface area contributed by atoms with Gasteiger partial charge in [-0.15, -0.1) is 0 Å². The van der Waals surface area contributed by atoms with Crippen molar-refractivity contribution in [1.29, 1.82) is 0 Å². The van der Waals surface area contributed by atoms with Crippen LogP contribution >= 0.6 is 39.1 Å². The fraction of sp³-hybridized carbons (Fsp3) is 0.231. The molecule has 0 spiro atoms. The summed E-state index contributed by atoms with van der Waals surface area (Å²) in [5, 5.41) is 17.9. The van der Waals surface area contributed by atoms with Crippen molar-refractivity contribution in [3.8, 4) is 0 Å². The summed E-state index contributed by atoms with van der Waals surface area (Å²) in [6.07, 6.45) is 0.681. The number of nitrogens with zero attached hydrogens (tertiary/aromatic N) is 2. The van der Waals surface area contributed by atoms with Gasteiger partial charge in [0, 0.05) is 23.6 Å². The van der Waals surface area contributed by atoms with E-state index in [0.29, 0.717) is 25.8 Å². The SMILES string of the molecule is Cn1ncc(NCC(O)c2cc(Cl)cc(Cl)c2)c(Br)c1=O. The molecule has 0 aliphatic carbocycles. The molecule has 2 rings (SSSR count). The van der Waals surface area contributed by atoms with E-state index in [0.717, 1.165) is 0 Å². The van der Waals surface area contributed by atoms with Crippen LogP contribution in [0.2, 0.25) is 10.0 Å². The monoisotopic (exact) mass is 391 g/mol. The molecule has 2 aromatic rings. The normalized spacial score (nSPS) is 12.2. The highest BCUT2D eigenvalue weighted by molar-refractivity contribution is 9.10. The lowest BCUT2D eigenvalue weighted by Crippen LogP contribution is -2.22. The van der Waals surface area contributed by atoms with Crippen molar-refractivity contribution in [2.75, 3.05) is 11.9 Å². The van der Waals surface area contributed by atoms with E-state index in [1.165, 1.54) is 10.9 Å². The van der Waals surface area contributed by atoms with Crippen LogP contribution in [0.15, 0.2) is 33.7 Å². The third-order valence-corrected chi connectivity index (χ3v) is 4.04. The molecule has 0 aliphatic heterocycles. The highest BCUT2D eigenvalue weighted by Crippen LogP contribution is 2.24. The third kappa shape index (κ3) is 3.97. The summed E-state index contributed by atoms with van der Waals surface area (Å²) in [5.74, 6) is 0. The summed E-state index contributed by atoms with van der Waals surface area (Å²) in [6, 6.07) is 4.86. The van der Waals surface area contributed by atoms with Crippen LogP contribution in [0.25, 0.3) is 0 Å². The summed E-state index contributed by atoms with van der Waals surface area (Å²) in [4.78, 5) is 11.7. The third-order valence-electron chi connectivity index (χ3n) is 2.83. The zero-order valence-electron chi connectivity index (χ0n) is 11.0. The van der Waals surface area contributed by atoms with Gasteiger partial charge in [0.05, 0.1) is 18.0 Å². The van der Waals surface area contributed by atoms with E-state index in [-0.39, 0.29) is 12.1 Å². The van der Waals surface area contributed by atoms with Crippen molar-refractivity contribution in [2.45, 2.75) is 6.10 Å². The first-order chi connectivity index (χ1) is 9.88. The van der Waals surface area contributed by atoms with Gasteiger partial charge in [0.1, 0.15) is 4.47 Å². The van der Waals surface area contributed by atoms with Gasteiger partial charge in [-0.2, -0.15) is 5.10 Å². The molecule has 0 saturated carbocycles. The highest BCUT2D eigenvalue weighted by Gasteiger charge is 2.12. The molecule has 112 valence electrons. The van der Waals surface area contributed by atoms with E-state index in [4.69, 9.17) is 23.2 Å². The van der Waals surface area contributed by atoms with E-state index in [1.54, 1.807) is 25.2 Å². The van der Waals surface area contributed by atoms with Crippen LogP contribution in [0.1, 0.15) is 11.7 Å². The fourth-order valence-electron chi connectivity index (χ4n) is 1.73. The van der Waals surface area contributed by atoms with Crippen LogP contribution in [0.4, 0.5) is 5.69 Å². The Morgan fingerprint density at radius 1 is 1.38 bits per heavy atom. The van der Waals surface area contributed by atoms with Gasteiger partial charge in [-0.25, -0.2) is 4.68 Å². The van der Waals surface area contributed by atoms with Crippen molar-refractivity contribution in [2.24, 2.45) is 7.05 Å². The van der Waals surface area contributed by atoms with Gasteiger partial charge in [-0.3, -0.25) is 4.79 Å². The second-order valence-electron chi connectivity index (χ2n) is 4.40. The number of hydrogen-bond acceptors (Lipinski definition) is 4. The van der Waals surface area contributed by atoms with E-state index >= 15 is 0 Å². The van der Waals surface area contributed by atoms with E-state index in [2.05, 4.69) is 26.3 Å². The number of aromatic nitrogens is 2. The molecule has 8 heteroatoms. The fourth-order valence-corrected chi connectivity index (χ4v) is 2.77. The number of nitrogens with one attached hydrogen (secondary N) is 1. The van der Waals surface area contributed by atoms with E-state index in [1.807, 2.05) is 0 Å². The Labute approximate surface area is 139 Å². The number of hydrogen-bond donors (Lipinski definition) is 2. The van der Waals surface area contributed by atoms with Crippen LogP contribution in [0.5, 0.6) is 0 Å². The van der Waals surface area contributed by atoms with Crippen LogP contribution < -0.4 is 10.9 Å². The van der Waals surface area contributed by atoms with Crippen LogP contribution in [-0.4, -0.2) is 21.4 Å². The number of aryl methyl sites for hydroxylation is 1. The van der Waals surface area contributed by atoms with Gasteiger partial charge in [0.25, 0.3) is 5.56 Å². The van der Waals surface area contributed by atoms with Crippen molar-refractivity contribution >= 4 is 44.8 Å². The molecular formula is C13H12BrCl2N3O2. The van der Waals surface area contributed by atoms with E-state index in [9.17, 15) is 9.90 Å². The molecule has 0 amide bonds. The largest absolute Gasteiger partial charge is 0.387 e. The minimum Gasteiger partial charge on any atom is -0.387 e. The zero-order valence-corrected chi connectivity index (χ0v) is 14.1. The quantitative estimate of drug-likeness (QED) is 0.839. The molecule has 1 unspecified atom stereocenters. The molecule has 21 heavy (non-hydrogen) atoms. The summed E-state index contributed by atoms with van der Waals surface area (Å²) in [7, 11) is 1.56. The Balaban J connectivity index is 2.13. The molecule has 0 aliphatic rings. The number of benzene rings is 1. The van der Waals surface area contributed by atoms with Crippen molar-refractivity contribution in [1.82, 2.24) is 9.78 Å².